The van der Waals surface area contributed by atoms with Gasteiger partial charge in [0.25, 0.3) is 0 Å². The van der Waals surface area contributed by atoms with E-state index in [9.17, 15) is 4.79 Å². The van der Waals surface area contributed by atoms with Crippen molar-refractivity contribution in [2.24, 2.45) is 12.8 Å². The molecule has 1 aromatic heterocycles. The van der Waals surface area contributed by atoms with Gasteiger partial charge in [0.1, 0.15) is 5.69 Å². The maximum absolute atomic E-state index is 11.7. The zero-order valence-corrected chi connectivity index (χ0v) is 8.36. The van der Waals surface area contributed by atoms with Gasteiger partial charge in [0.15, 0.2) is 5.78 Å². The lowest BCUT2D eigenvalue weighted by Gasteiger charge is -2.37. The number of aromatic nitrogens is 2. The Morgan fingerprint density at radius 1 is 1.71 bits per heavy atom. The number of carbonyl (C=O) groups is 1. The number of carbonyl (C=O) groups excluding carboxylic acids is 1. The summed E-state index contributed by atoms with van der Waals surface area (Å²) in [5, 5.41) is 4.06. The van der Waals surface area contributed by atoms with Crippen LogP contribution in [0.5, 0.6) is 0 Å². The Bertz CT molecular complexity index is 352. The van der Waals surface area contributed by atoms with Crippen LogP contribution in [0.15, 0.2) is 12.3 Å². The molecule has 1 aromatic rings. The number of hydrogen-bond donors (Lipinski definition) is 1. The highest BCUT2D eigenvalue weighted by Crippen LogP contribution is 2.32. The van der Waals surface area contributed by atoms with Crippen molar-refractivity contribution in [1.82, 2.24) is 9.78 Å². The van der Waals surface area contributed by atoms with E-state index < -0.39 is 0 Å². The molecule has 0 bridgehead atoms. The summed E-state index contributed by atoms with van der Waals surface area (Å²) in [7, 11) is 1.80. The normalized spacial score (nSPS) is 19.0. The van der Waals surface area contributed by atoms with Gasteiger partial charge in [0.05, 0.1) is 0 Å². The highest BCUT2D eigenvalue weighted by Gasteiger charge is 2.35. The van der Waals surface area contributed by atoms with Gasteiger partial charge in [-0.3, -0.25) is 9.48 Å². The fourth-order valence-electron chi connectivity index (χ4n) is 1.78. The van der Waals surface area contributed by atoms with E-state index in [1.807, 2.05) is 0 Å². The van der Waals surface area contributed by atoms with Crippen LogP contribution in [0.4, 0.5) is 0 Å². The standard InChI is InChI=1S/C10H15N3O/c1-13-6-3-8(12-13)9(14)7-10(11)4-2-5-10/h3,6H,2,4-5,7,11H2,1H3. The van der Waals surface area contributed by atoms with Crippen LogP contribution in [0.3, 0.4) is 0 Å². The van der Waals surface area contributed by atoms with Crippen LogP contribution in [0.25, 0.3) is 0 Å². The van der Waals surface area contributed by atoms with Crippen LogP contribution in [0.2, 0.25) is 0 Å². The molecule has 2 N–H and O–H groups in total. The Morgan fingerprint density at radius 2 is 2.43 bits per heavy atom. The maximum Gasteiger partial charge on any atom is 0.184 e. The molecule has 1 heterocycles. The first-order valence-corrected chi connectivity index (χ1v) is 4.91. The van der Waals surface area contributed by atoms with Crippen LogP contribution in [0, 0.1) is 0 Å². The molecule has 1 aliphatic carbocycles. The zero-order chi connectivity index (χ0) is 10.2. The Kier molecular flexibility index (Phi) is 2.15. The molecular formula is C10H15N3O. The number of nitrogens with two attached hydrogens (primary N) is 1. The van der Waals surface area contributed by atoms with Crippen LogP contribution < -0.4 is 5.73 Å². The van der Waals surface area contributed by atoms with E-state index in [0.717, 1.165) is 19.3 Å². The third kappa shape index (κ3) is 1.70. The zero-order valence-electron chi connectivity index (χ0n) is 8.36. The van der Waals surface area contributed by atoms with Gasteiger partial charge >= 0.3 is 0 Å². The first kappa shape index (κ1) is 9.40. The summed E-state index contributed by atoms with van der Waals surface area (Å²) in [5.74, 6) is 0.0628. The molecule has 0 unspecified atom stereocenters. The van der Waals surface area contributed by atoms with Crippen molar-refractivity contribution < 1.29 is 4.79 Å². The maximum atomic E-state index is 11.7. The average Bonchev–Trinajstić information content (AvgIpc) is 2.49. The molecule has 0 radical (unpaired) electrons. The second-order valence-electron chi connectivity index (χ2n) is 4.19. The number of Topliss-reactive ketones (excluding diaryl/α,β-unsaturated/α-hetero) is 1. The molecule has 0 amide bonds. The predicted molar refractivity (Wildman–Crippen MR) is 52.9 cm³/mol. The number of hydrogen-bond acceptors (Lipinski definition) is 3. The van der Waals surface area contributed by atoms with Gasteiger partial charge in [0, 0.05) is 25.2 Å². The van der Waals surface area contributed by atoms with Gasteiger partial charge < -0.3 is 5.73 Å². The molecule has 0 atom stereocenters. The van der Waals surface area contributed by atoms with Crippen LogP contribution >= 0.6 is 0 Å². The molecule has 0 spiro atoms. The molecule has 0 aliphatic heterocycles. The second kappa shape index (κ2) is 3.20. The lowest BCUT2D eigenvalue weighted by Crippen LogP contribution is -2.48. The average molecular weight is 193 g/mol. The minimum Gasteiger partial charge on any atom is -0.325 e. The molecular weight excluding hydrogens is 178 g/mol. The summed E-state index contributed by atoms with van der Waals surface area (Å²) in [4.78, 5) is 11.7. The summed E-state index contributed by atoms with van der Waals surface area (Å²) >= 11 is 0. The second-order valence-corrected chi connectivity index (χ2v) is 4.19. The van der Waals surface area contributed by atoms with Crippen molar-refractivity contribution in [3.8, 4) is 0 Å². The quantitative estimate of drug-likeness (QED) is 0.725. The van der Waals surface area contributed by atoms with Crippen molar-refractivity contribution in [1.29, 1.82) is 0 Å². The van der Waals surface area contributed by atoms with Gasteiger partial charge in [-0.05, 0) is 25.3 Å². The van der Waals surface area contributed by atoms with Crippen molar-refractivity contribution in [3.63, 3.8) is 0 Å². The molecule has 4 heteroatoms. The van der Waals surface area contributed by atoms with Crippen LogP contribution in [0.1, 0.15) is 36.2 Å². The van der Waals surface area contributed by atoms with Gasteiger partial charge in [-0.25, -0.2) is 0 Å². The number of rotatable bonds is 3. The summed E-state index contributed by atoms with van der Waals surface area (Å²) in [6.07, 6.45) is 5.28. The van der Waals surface area contributed by atoms with Crippen molar-refractivity contribution in [3.05, 3.63) is 18.0 Å². The molecule has 1 saturated carbocycles. The molecule has 1 aliphatic rings. The van der Waals surface area contributed by atoms with E-state index in [4.69, 9.17) is 5.73 Å². The van der Waals surface area contributed by atoms with Crippen LogP contribution in [-0.2, 0) is 7.05 Å². The largest absolute Gasteiger partial charge is 0.325 e. The lowest BCUT2D eigenvalue weighted by molar-refractivity contribution is 0.0906. The van der Waals surface area contributed by atoms with Crippen molar-refractivity contribution in [2.45, 2.75) is 31.2 Å². The van der Waals surface area contributed by atoms with E-state index in [1.165, 1.54) is 0 Å². The van der Waals surface area contributed by atoms with Crippen molar-refractivity contribution in [2.75, 3.05) is 0 Å². The Balaban J connectivity index is 2.02. The lowest BCUT2D eigenvalue weighted by atomic mass is 9.74. The first-order valence-electron chi connectivity index (χ1n) is 4.91. The van der Waals surface area contributed by atoms with E-state index >= 15 is 0 Å². The van der Waals surface area contributed by atoms with Gasteiger partial charge in [-0.1, -0.05) is 0 Å². The molecule has 1 fully saturated rings. The SMILES string of the molecule is Cn1ccc(C(=O)CC2(N)CCC2)n1. The first-order chi connectivity index (χ1) is 6.59. The molecule has 4 nitrogen and oxygen atoms in total. The Morgan fingerprint density at radius 3 is 2.86 bits per heavy atom. The predicted octanol–water partition coefficient (Wildman–Crippen LogP) is 0.874. The van der Waals surface area contributed by atoms with Gasteiger partial charge in [0.2, 0.25) is 0 Å². The summed E-state index contributed by atoms with van der Waals surface area (Å²) in [6.45, 7) is 0. The third-order valence-electron chi connectivity index (χ3n) is 2.86. The number of aryl methyl sites for hydroxylation is 1. The fraction of sp³-hybridized carbons (Fsp3) is 0.600. The summed E-state index contributed by atoms with van der Waals surface area (Å²) in [5.41, 5.74) is 6.28. The Labute approximate surface area is 83.1 Å². The smallest absolute Gasteiger partial charge is 0.184 e. The minimum atomic E-state index is -0.241. The summed E-state index contributed by atoms with van der Waals surface area (Å²) < 4.78 is 1.64. The Hall–Kier alpha value is -1.16. The molecule has 14 heavy (non-hydrogen) atoms. The van der Waals surface area contributed by atoms with E-state index in [-0.39, 0.29) is 11.3 Å². The van der Waals surface area contributed by atoms with Crippen LogP contribution in [-0.4, -0.2) is 21.1 Å². The molecule has 0 saturated heterocycles. The van der Waals surface area contributed by atoms with Gasteiger partial charge in [-0.2, -0.15) is 5.10 Å². The number of ketones is 1. The fourth-order valence-corrected chi connectivity index (χ4v) is 1.78. The molecule has 76 valence electrons. The minimum absolute atomic E-state index is 0.0628. The number of nitrogens with zero attached hydrogens (tertiary/aromatic N) is 2. The summed E-state index contributed by atoms with van der Waals surface area (Å²) in [6, 6.07) is 1.74. The molecule has 2 rings (SSSR count). The molecule has 0 aromatic carbocycles. The highest BCUT2D eigenvalue weighted by molar-refractivity contribution is 5.94. The van der Waals surface area contributed by atoms with Crippen molar-refractivity contribution >= 4 is 5.78 Å². The van der Waals surface area contributed by atoms with E-state index in [1.54, 1.807) is 24.0 Å². The van der Waals surface area contributed by atoms with E-state index in [2.05, 4.69) is 5.10 Å². The van der Waals surface area contributed by atoms with Gasteiger partial charge in [-0.15, -0.1) is 0 Å². The topological polar surface area (TPSA) is 60.9 Å². The third-order valence-corrected chi connectivity index (χ3v) is 2.86. The monoisotopic (exact) mass is 193 g/mol. The highest BCUT2D eigenvalue weighted by atomic mass is 16.1. The van der Waals surface area contributed by atoms with E-state index in [0.29, 0.717) is 12.1 Å².